The van der Waals surface area contributed by atoms with E-state index in [4.69, 9.17) is 11.6 Å². The van der Waals surface area contributed by atoms with Crippen LogP contribution in [0.1, 0.15) is 16.1 Å². The topological polar surface area (TPSA) is 71.8 Å². The van der Waals surface area contributed by atoms with E-state index in [1.54, 1.807) is 36.1 Å². The Morgan fingerprint density at radius 3 is 2.89 bits per heavy atom. The van der Waals surface area contributed by atoms with Crippen LogP contribution < -0.4 is 10.6 Å². The van der Waals surface area contributed by atoms with E-state index >= 15 is 0 Å². The Kier molecular flexibility index (Phi) is 4.01. The number of amides is 1. The van der Waals surface area contributed by atoms with E-state index in [1.165, 1.54) is 0 Å². The van der Waals surface area contributed by atoms with Gasteiger partial charge < -0.3 is 10.6 Å². The highest BCUT2D eigenvalue weighted by molar-refractivity contribution is 6.33. The molecule has 0 aliphatic carbocycles. The van der Waals surface area contributed by atoms with Crippen molar-refractivity contribution in [1.82, 2.24) is 20.3 Å². The number of nitrogens with zero attached hydrogens (tertiary/aromatic N) is 3. The van der Waals surface area contributed by atoms with E-state index in [2.05, 4.69) is 20.9 Å². The third-order valence-electron chi connectivity index (χ3n) is 2.72. The molecule has 1 aromatic heterocycles. The van der Waals surface area contributed by atoms with Crippen LogP contribution in [-0.4, -0.2) is 27.9 Å². The second kappa shape index (κ2) is 5.71. The van der Waals surface area contributed by atoms with Gasteiger partial charge in [-0.3, -0.25) is 9.48 Å². The van der Waals surface area contributed by atoms with Gasteiger partial charge in [0.05, 0.1) is 29.1 Å². The van der Waals surface area contributed by atoms with Gasteiger partial charge in [0.2, 0.25) is 0 Å². The number of aryl methyl sites for hydroxylation is 1. The van der Waals surface area contributed by atoms with E-state index in [1.807, 2.05) is 7.05 Å². The molecule has 6 nitrogen and oxygen atoms in total. The quantitative estimate of drug-likeness (QED) is 0.888. The summed E-state index contributed by atoms with van der Waals surface area (Å²) in [6.45, 7) is 0.528. The molecular formula is C12H14ClN5O. The Morgan fingerprint density at radius 1 is 1.47 bits per heavy atom. The largest absolute Gasteiger partial charge is 0.378 e. The van der Waals surface area contributed by atoms with Crippen molar-refractivity contribution in [2.75, 3.05) is 12.4 Å². The van der Waals surface area contributed by atoms with Gasteiger partial charge in [-0.2, -0.15) is 0 Å². The Hall–Kier alpha value is -2.08. The second-order valence-electron chi connectivity index (χ2n) is 3.98. The van der Waals surface area contributed by atoms with Crippen LogP contribution in [0, 0.1) is 0 Å². The van der Waals surface area contributed by atoms with Crippen LogP contribution in [-0.2, 0) is 13.6 Å². The van der Waals surface area contributed by atoms with Gasteiger partial charge in [0, 0.05) is 19.7 Å². The van der Waals surface area contributed by atoms with Crippen LogP contribution in [0.2, 0.25) is 5.02 Å². The fourth-order valence-electron chi connectivity index (χ4n) is 1.60. The molecule has 1 aromatic carbocycles. The van der Waals surface area contributed by atoms with Gasteiger partial charge in [-0.1, -0.05) is 16.8 Å². The van der Waals surface area contributed by atoms with Gasteiger partial charge in [-0.05, 0) is 18.2 Å². The number of nitrogens with one attached hydrogen (secondary N) is 2. The lowest BCUT2D eigenvalue weighted by molar-refractivity contribution is 0.0963. The summed E-state index contributed by atoms with van der Waals surface area (Å²) in [5, 5.41) is 13.9. The Morgan fingerprint density at radius 2 is 2.26 bits per heavy atom. The van der Waals surface area contributed by atoms with E-state index < -0.39 is 0 Å². The molecule has 0 radical (unpaired) electrons. The molecule has 100 valence electrons. The lowest BCUT2D eigenvalue weighted by atomic mass is 10.2. The second-order valence-corrected chi connectivity index (χ2v) is 4.38. The number of anilines is 1. The van der Waals surface area contributed by atoms with Crippen LogP contribution in [0.3, 0.4) is 0 Å². The van der Waals surface area contributed by atoms with Crippen molar-refractivity contribution >= 4 is 23.2 Å². The Balaban J connectivity index is 2.15. The number of hydrogen-bond acceptors (Lipinski definition) is 4. The van der Waals surface area contributed by atoms with Gasteiger partial charge in [0.1, 0.15) is 0 Å². The predicted octanol–water partition coefficient (Wildman–Crippen LogP) is 1.44. The molecule has 0 aliphatic rings. The van der Waals surface area contributed by atoms with Crippen LogP contribution in [0.15, 0.2) is 24.4 Å². The maximum atomic E-state index is 11.6. The van der Waals surface area contributed by atoms with E-state index in [9.17, 15) is 4.79 Å². The lowest BCUT2D eigenvalue weighted by Crippen LogP contribution is -2.18. The van der Waals surface area contributed by atoms with Crippen molar-refractivity contribution in [3.8, 4) is 0 Å². The molecule has 0 unspecified atom stereocenters. The van der Waals surface area contributed by atoms with Crippen molar-refractivity contribution in [1.29, 1.82) is 0 Å². The first-order valence-corrected chi connectivity index (χ1v) is 6.08. The van der Waals surface area contributed by atoms with Crippen LogP contribution in [0.4, 0.5) is 5.69 Å². The van der Waals surface area contributed by atoms with Crippen LogP contribution >= 0.6 is 11.6 Å². The fourth-order valence-corrected chi connectivity index (χ4v) is 1.79. The molecule has 7 heteroatoms. The summed E-state index contributed by atoms with van der Waals surface area (Å²) >= 11 is 6.09. The molecule has 0 spiro atoms. The van der Waals surface area contributed by atoms with Gasteiger partial charge in [-0.15, -0.1) is 5.10 Å². The molecule has 0 saturated carbocycles. The molecule has 0 aliphatic heterocycles. The molecule has 0 bridgehead atoms. The first-order valence-electron chi connectivity index (χ1n) is 5.71. The van der Waals surface area contributed by atoms with Crippen molar-refractivity contribution in [2.45, 2.75) is 6.54 Å². The molecule has 0 saturated heterocycles. The standard InChI is InChI=1S/C12H14ClN5O/c1-14-12(19)8-3-4-10(13)11(5-8)15-6-9-7-16-17-18(9)2/h3-5,7,15H,6H2,1-2H3,(H,14,19). The smallest absolute Gasteiger partial charge is 0.251 e. The number of benzene rings is 1. The number of carbonyl (C=O) groups excluding carboxylic acids is 1. The van der Waals surface area contributed by atoms with E-state index in [-0.39, 0.29) is 5.91 Å². The highest BCUT2D eigenvalue weighted by atomic mass is 35.5. The zero-order chi connectivity index (χ0) is 13.8. The summed E-state index contributed by atoms with van der Waals surface area (Å²) in [7, 11) is 3.40. The third kappa shape index (κ3) is 3.03. The van der Waals surface area contributed by atoms with Gasteiger partial charge in [-0.25, -0.2) is 0 Å². The summed E-state index contributed by atoms with van der Waals surface area (Å²) in [6.07, 6.45) is 1.67. The van der Waals surface area contributed by atoms with Crippen molar-refractivity contribution in [2.24, 2.45) is 7.05 Å². The Bertz CT molecular complexity index is 596. The lowest BCUT2D eigenvalue weighted by Gasteiger charge is -2.10. The maximum absolute atomic E-state index is 11.6. The highest BCUT2D eigenvalue weighted by Crippen LogP contribution is 2.23. The summed E-state index contributed by atoms with van der Waals surface area (Å²) in [6, 6.07) is 5.08. The average Bonchev–Trinajstić information content (AvgIpc) is 2.82. The number of carbonyl (C=O) groups is 1. The molecule has 2 aromatic rings. The monoisotopic (exact) mass is 279 g/mol. The third-order valence-corrected chi connectivity index (χ3v) is 3.05. The zero-order valence-electron chi connectivity index (χ0n) is 10.6. The zero-order valence-corrected chi connectivity index (χ0v) is 11.4. The Labute approximate surface area is 115 Å². The molecular weight excluding hydrogens is 266 g/mol. The number of rotatable bonds is 4. The van der Waals surface area contributed by atoms with Crippen LogP contribution in [0.5, 0.6) is 0 Å². The predicted molar refractivity (Wildman–Crippen MR) is 73.2 cm³/mol. The van der Waals surface area contributed by atoms with Crippen LogP contribution in [0.25, 0.3) is 0 Å². The van der Waals surface area contributed by atoms with E-state index in [0.29, 0.717) is 22.8 Å². The number of hydrogen-bond donors (Lipinski definition) is 2. The minimum Gasteiger partial charge on any atom is -0.378 e. The highest BCUT2D eigenvalue weighted by Gasteiger charge is 2.08. The molecule has 2 N–H and O–H groups in total. The summed E-state index contributed by atoms with van der Waals surface area (Å²) < 4.78 is 1.67. The number of aromatic nitrogens is 3. The van der Waals surface area contributed by atoms with Crippen molar-refractivity contribution in [3.05, 3.63) is 40.7 Å². The molecule has 1 amide bonds. The minimum absolute atomic E-state index is 0.151. The normalized spacial score (nSPS) is 10.3. The maximum Gasteiger partial charge on any atom is 0.251 e. The van der Waals surface area contributed by atoms with Gasteiger partial charge in [0.15, 0.2) is 0 Å². The molecule has 2 rings (SSSR count). The van der Waals surface area contributed by atoms with Crippen molar-refractivity contribution < 1.29 is 4.79 Å². The van der Waals surface area contributed by atoms with Crippen molar-refractivity contribution in [3.63, 3.8) is 0 Å². The average molecular weight is 280 g/mol. The van der Waals surface area contributed by atoms with Gasteiger partial charge >= 0.3 is 0 Å². The summed E-state index contributed by atoms with van der Waals surface area (Å²) in [5.41, 5.74) is 2.17. The summed E-state index contributed by atoms with van der Waals surface area (Å²) in [5.74, 6) is -0.151. The number of halogens is 1. The first kappa shape index (κ1) is 13.4. The van der Waals surface area contributed by atoms with Gasteiger partial charge in [0.25, 0.3) is 5.91 Å². The summed E-state index contributed by atoms with van der Waals surface area (Å²) in [4.78, 5) is 11.6. The molecule has 0 fully saturated rings. The minimum atomic E-state index is -0.151. The molecule has 19 heavy (non-hydrogen) atoms. The molecule has 0 atom stereocenters. The molecule has 1 heterocycles. The van der Waals surface area contributed by atoms with E-state index in [0.717, 1.165) is 5.69 Å². The first-order chi connectivity index (χ1) is 9.11. The fraction of sp³-hybridized carbons (Fsp3) is 0.250. The SMILES string of the molecule is CNC(=O)c1ccc(Cl)c(NCc2cnnn2C)c1.